The van der Waals surface area contributed by atoms with Crippen LogP contribution in [0.4, 0.5) is 0 Å². The van der Waals surface area contributed by atoms with Gasteiger partial charge in [0.1, 0.15) is 5.56 Å². The average Bonchev–Trinajstić information content (AvgIpc) is 2.31. The second-order valence-corrected chi connectivity index (χ2v) is 5.59. The van der Waals surface area contributed by atoms with Crippen LogP contribution in [0.2, 0.25) is 0 Å². The number of hydrogen-bond acceptors (Lipinski definition) is 2. The second kappa shape index (κ2) is 4.78. The lowest BCUT2D eigenvalue weighted by Crippen LogP contribution is -2.28. The van der Waals surface area contributed by atoms with Crippen molar-refractivity contribution in [3.8, 4) is 0 Å². The quantitative estimate of drug-likeness (QED) is 0.915. The maximum atomic E-state index is 12.4. The van der Waals surface area contributed by atoms with Crippen LogP contribution in [0.1, 0.15) is 46.8 Å². The van der Waals surface area contributed by atoms with Crippen LogP contribution in [-0.2, 0) is 7.05 Å². The Bertz CT molecular complexity index is 770. The van der Waals surface area contributed by atoms with Gasteiger partial charge in [0.15, 0.2) is 0 Å². The number of pyridine rings is 1. The molecule has 1 aromatic heterocycles. The first-order valence-corrected chi connectivity index (χ1v) is 6.62. The lowest BCUT2D eigenvalue weighted by atomic mass is 9.91. The molecule has 1 heterocycles. The van der Waals surface area contributed by atoms with E-state index < -0.39 is 11.5 Å². The third kappa shape index (κ3) is 2.01. The van der Waals surface area contributed by atoms with Crippen molar-refractivity contribution in [1.82, 2.24) is 4.57 Å². The third-order valence-corrected chi connectivity index (χ3v) is 3.65. The van der Waals surface area contributed by atoms with Crippen molar-refractivity contribution >= 4 is 16.9 Å². The normalized spacial score (nSPS) is 11.3. The number of hydrogen-bond donors (Lipinski definition) is 1. The molecule has 2 rings (SSSR count). The molecule has 0 aliphatic heterocycles. The Balaban J connectivity index is 3.18. The number of benzene rings is 1. The fourth-order valence-electron chi connectivity index (χ4n) is 2.94. The van der Waals surface area contributed by atoms with E-state index >= 15 is 0 Å². The van der Waals surface area contributed by atoms with Gasteiger partial charge in [-0.2, -0.15) is 0 Å². The zero-order chi connectivity index (χ0) is 15.2. The van der Waals surface area contributed by atoms with Gasteiger partial charge in [0.25, 0.3) is 5.56 Å². The van der Waals surface area contributed by atoms with E-state index in [-0.39, 0.29) is 11.5 Å². The lowest BCUT2D eigenvalue weighted by molar-refractivity contribution is 0.0693. The molecule has 4 heteroatoms. The van der Waals surface area contributed by atoms with E-state index in [1.165, 1.54) is 4.57 Å². The van der Waals surface area contributed by atoms with E-state index in [1.54, 1.807) is 7.05 Å². The third-order valence-electron chi connectivity index (χ3n) is 3.65. The van der Waals surface area contributed by atoms with Crippen molar-refractivity contribution in [1.29, 1.82) is 0 Å². The van der Waals surface area contributed by atoms with Gasteiger partial charge in [-0.15, -0.1) is 0 Å². The molecule has 0 unspecified atom stereocenters. The van der Waals surface area contributed by atoms with Gasteiger partial charge in [-0.05, 0) is 37.0 Å². The van der Waals surface area contributed by atoms with Gasteiger partial charge in [0.05, 0.1) is 5.52 Å². The van der Waals surface area contributed by atoms with E-state index in [0.29, 0.717) is 5.56 Å². The highest BCUT2D eigenvalue weighted by atomic mass is 16.4. The Morgan fingerprint density at radius 3 is 2.35 bits per heavy atom. The summed E-state index contributed by atoms with van der Waals surface area (Å²) in [5.74, 6) is -1.19. The molecule has 0 amide bonds. The van der Waals surface area contributed by atoms with Crippen molar-refractivity contribution in [2.75, 3.05) is 0 Å². The largest absolute Gasteiger partial charge is 0.477 e. The summed E-state index contributed by atoms with van der Waals surface area (Å²) in [4.78, 5) is 23.9. The van der Waals surface area contributed by atoms with Crippen LogP contribution in [0.3, 0.4) is 0 Å². The number of nitrogens with zero attached hydrogens (tertiary/aromatic N) is 1. The Morgan fingerprint density at radius 1 is 1.25 bits per heavy atom. The van der Waals surface area contributed by atoms with Crippen LogP contribution in [-0.4, -0.2) is 15.6 Å². The fourth-order valence-corrected chi connectivity index (χ4v) is 2.94. The van der Waals surface area contributed by atoms with Gasteiger partial charge in [-0.1, -0.05) is 25.5 Å². The standard InChI is InChI=1S/C16H19NO3/c1-8(2)12-11-7-9(3)6-10(4)14(11)17(5)15(18)13(12)16(19)20/h6-8H,1-5H3,(H,19,20). The number of carboxylic acid groups (broad SMARTS) is 1. The Morgan fingerprint density at radius 2 is 1.85 bits per heavy atom. The first-order chi connectivity index (χ1) is 9.25. The number of aryl methyl sites for hydroxylation is 3. The molecule has 106 valence electrons. The van der Waals surface area contributed by atoms with Gasteiger partial charge in [0.2, 0.25) is 0 Å². The predicted molar refractivity (Wildman–Crippen MR) is 79.7 cm³/mol. The summed E-state index contributed by atoms with van der Waals surface area (Å²) >= 11 is 0. The Kier molecular flexibility index (Phi) is 3.42. The molecule has 0 atom stereocenters. The molecule has 1 aromatic carbocycles. The van der Waals surface area contributed by atoms with Crippen molar-refractivity contribution in [2.45, 2.75) is 33.6 Å². The van der Waals surface area contributed by atoms with Gasteiger partial charge < -0.3 is 9.67 Å². The molecule has 0 aliphatic rings. The summed E-state index contributed by atoms with van der Waals surface area (Å²) in [6, 6.07) is 3.97. The number of carbonyl (C=O) groups is 1. The first-order valence-electron chi connectivity index (χ1n) is 6.62. The maximum Gasteiger partial charge on any atom is 0.341 e. The van der Waals surface area contributed by atoms with Crippen LogP contribution in [0, 0.1) is 13.8 Å². The molecule has 0 saturated heterocycles. The van der Waals surface area contributed by atoms with Crippen molar-refractivity contribution in [3.63, 3.8) is 0 Å². The highest BCUT2D eigenvalue weighted by Gasteiger charge is 2.23. The van der Waals surface area contributed by atoms with Crippen LogP contribution in [0.15, 0.2) is 16.9 Å². The van der Waals surface area contributed by atoms with Gasteiger partial charge in [-0.3, -0.25) is 4.79 Å². The van der Waals surface area contributed by atoms with Crippen molar-refractivity contribution in [2.24, 2.45) is 7.05 Å². The van der Waals surface area contributed by atoms with E-state index in [9.17, 15) is 14.7 Å². The van der Waals surface area contributed by atoms with E-state index in [4.69, 9.17) is 0 Å². The summed E-state index contributed by atoms with van der Waals surface area (Å²) in [6.45, 7) is 7.75. The maximum absolute atomic E-state index is 12.4. The van der Waals surface area contributed by atoms with Crippen LogP contribution in [0.25, 0.3) is 10.9 Å². The smallest absolute Gasteiger partial charge is 0.341 e. The monoisotopic (exact) mass is 273 g/mol. The molecule has 0 aliphatic carbocycles. The lowest BCUT2D eigenvalue weighted by Gasteiger charge is -2.18. The zero-order valence-electron chi connectivity index (χ0n) is 12.4. The number of aromatic carboxylic acids is 1. The van der Waals surface area contributed by atoms with Gasteiger partial charge in [-0.25, -0.2) is 4.79 Å². The average molecular weight is 273 g/mol. The van der Waals surface area contributed by atoms with E-state index in [1.807, 2.05) is 39.8 Å². The molecule has 0 spiro atoms. The highest BCUT2D eigenvalue weighted by Crippen LogP contribution is 2.29. The molecule has 0 fully saturated rings. The SMILES string of the molecule is Cc1cc(C)c2c(c1)c(C(C)C)c(C(=O)O)c(=O)n2C. The topological polar surface area (TPSA) is 59.3 Å². The zero-order valence-corrected chi connectivity index (χ0v) is 12.4. The summed E-state index contributed by atoms with van der Waals surface area (Å²) in [5, 5.41) is 10.3. The Hall–Kier alpha value is -2.10. The number of fused-ring (bicyclic) bond motifs is 1. The Labute approximate surface area is 117 Å². The van der Waals surface area contributed by atoms with Crippen molar-refractivity contribution in [3.05, 3.63) is 44.7 Å². The van der Waals surface area contributed by atoms with Crippen molar-refractivity contribution < 1.29 is 9.90 Å². The molecule has 0 radical (unpaired) electrons. The van der Waals surface area contributed by atoms with E-state index in [0.717, 1.165) is 22.0 Å². The van der Waals surface area contributed by atoms with Crippen LogP contribution < -0.4 is 5.56 Å². The van der Waals surface area contributed by atoms with Gasteiger partial charge >= 0.3 is 5.97 Å². The molecular weight excluding hydrogens is 254 g/mol. The van der Waals surface area contributed by atoms with Crippen LogP contribution in [0.5, 0.6) is 0 Å². The van der Waals surface area contributed by atoms with Crippen LogP contribution >= 0.6 is 0 Å². The number of rotatable bonds is 2. The summed E-state index contributed by atoms with van der Waals surface area (Å²) < 4.78 is 1.44. The highest BCUT2D eigenvalue weighted by molar-refractivity contribution is 5.97. The summed E-state index contributed by atoms with van der Waals surface area (Å²) in [6.07, 6.45) is 0. The molecule has 20 heavy (non-hydrogen) atoms. The minimum absolute atomic E-state index is 0.0290. The predicted octanol–water partition coefficient (Wildman–Crippen LogP) is 2.98. The minimum Gasteiger partial charge on any atom is -0.477 e. The number of carboxylic acids is 1. The summed E-state index contributed by atoms with van der Waals surface area (Å²) in [5.41, 5.74) is 2.93. The molecule has 0 bridgehead atoms. The second-order valence-electron chi connectivity index (χ2n) is 5.59. The first kappa shape index (κ1) is 14.3. The minimum atomic E-state index is -1.16. The number of aromatic nitrogens is 1. The molecule has 0 saturated carbocycles. The fraction of sp³-hybridized carbons (Fsp3) is 0.375. The molecule has 2 aromatic rings. The molecule has 1 N–H and O–H groups in total. The van der Waals surface area contributed by atoms with Gasteiger partial charge in [0, 0.05) is 12.4 Å². The van der Waals surface area contributed by atoms with E-state index in [2.05, 4.69) is 0 Å². The molecule has 4 nitrogen and oxygen atoms in total. The molecular formula is C16H19NO3. The summed E-state index contributed by atoms with van der Waals surface area (Å²) in [7, 11) is 1.63.